The van der Waals surface area contributed by atoms with Gasteiger partial charge in [0.15, 0.2) is 0 Å². The molecule has 0 saturated heterocycles. The predicted octanol–water partition coefficient (Wildman–Crippen LogP) is 3.60. The van der Waals surface area contributed by atoms with E-state index in [0.29, 0.717) is 12.2 Å². The molecule has 2 heterocycles. The van der Waals surface area contributed by atoms with E-state index < -0.39 is 0 Å². The van der Waals surface area contributed by atoms with Crippen LogP contribution in [0.2, 0.25) is 0 Å². The van der Waals surface area contributed by atoms with Crippen molar-refractivity contribution in [2.45, 2.75) is 6.54 Å². The predicted molar refractivity (Wildman–Crippen MR) is 86.0 cm³/mol. The average Bonchev–Trinajstić information content (AvgIpc) is 2.90. The number of nitrogens with one attached hydrogen (secondary N) is 1. The van der Waals surface area contributed by atoms with Gasteiger partial charge >= 0.3 is 0 Å². The molecule has 0 aliphatic rings. The first-order chi connectivity index (χ1) is 10.1. The topological polar surface area (TPSA) is 49.0 Å². The smallest absolute Gasteiger partial charge is 0.270 e. The molecule has 3 rings (SSSR count). The van der Waals surface area contributed by atoms with Gasteiger partial charge in [0.25, 0.3) is 5.91 Å². The Balaban J connectivity index is 1.82. The molecule has 1 aromatic carbocycles. The molecule has 0 spiro atoms. The lowest BCUT2D eigenvalue weighted by Crippen LogP contribution is -2.26. The van der Waals surface area contributed by atoms with Crippen molar-refractivity contribution in [1.82, 2.24) is 14.9 Å². The van der Waals surface area contributed by atoms with Gasteiger partial charge in [0, 0.05) is 41.4 Å². The van der Waals surface area contributed by atoms with Crippen LogP contribution in [-0.2, 0) is 6.54 Å². The Bertz CT molecular complexity index is 783. The Morgan fingerprint density at radius 1 is 1.33 bits per heavy atom. The lowest BCUT2D eigenvalue weighted by Gasteiger charge is -2.16. The Kier molecular flexibility index (Phi) is 3.75. The van der Waals surface area contributed by atoms with E-state index in [-0.39, 0.29) is 5.91 Å². The summed E-state index contributed by atoms with van der Waals surface area (Å²) in [5, 5.41) is 1.02. The zero-order valence-electron chi connectivity index (χ0n) is 11.5. The molecule has 5 heteroatoms. The Labute approximate surface area is 130 Å². The second kappa shape index (κ2) is 5.69. The fourth-order valence-corrected chi connectivity index (χ4v) is 2.64. The van der Waals surface area contributed by atoms with E-state index >= 15 is 0 Å². The van der Waals surface area contributed by atoms with Gasteiger partial charge in [-0.1, -0.05) is 22.0 Å². The molecule has 1 N–H and O–H groups in total. The van der Waals surface area contributed by atoms with Crippen LogP contribution in [0.4, 0.5) is 0 Å². The molecule has 4 nitrogen and oxygen atoms in total. The SMILES string of the molecule is CN(Cc1cccnc1)C(=O)c1cc2cc(Br)ccc2[nH]1. The Morgan fingerprint density at radius 3 is 2.95 bits per heavy atom. The monoisotopic (exact) mass is 343 g/mol. The van der Waals surface area contributed by atoms with E-state index in [1.165, 1.54) is 0 Å². The van der Waals surface area contributed by atoms with Crippen molar-refractivity contribution in [1.29, 1.82) is 0 Å². The number of hydrogen-bond donors (Lipinski definition) is 1. The number of halogens is 1. The fraction of sp³-hybridized carbons (Fsp3) is 0.125. The third kappa shape index (κ3) is 2.97. The van der Waals surface area contributed by atoms with Gasteiger partial charge in [-0.2, -0.15) is 0 Å². The first-order valence-electron chi connectivity index (χ1n) is 6.56. The molecule has 0 aliphatic heterocycles. The molecule has 1 amide bonds. The second-order valence-electron chi connectivity index (χ2n) is 4.94. The standard InChI is InChI=1S/C16H14BrN3O/c1-20(10-11-3-2-6-18-9-11)16(21)15-8-12-7-13(17)4-5-14(12)19-15/h2-9,19H,10H2,1H3. The van der Waals surface area contributed by atoms with E-state index in [2.05, 4.69) is 25.9 Å². The number of carbonyl (C=O) groups is 1. The van der Waals surface area contributed by atoms with Crippen LogP contribution in [0.15, 0.2) is 53.3 Å². The molecule has 0 atom stereocenters. The number of rotatable bonds is 3. The zero-order valence-corrected chi connectivity index (χ0v) is 13.1. The van der Waals surface area contributed by atoms with E-state index in [9.17, 15) is 4.79 Å². The van der Waals surface area contributed by atoms with Crippen LogP contribution < -0.4 is 0 Å². The van der Waals surface area contributed by atoms with Crippen molar-refractivity contribution in [2.75, 3.05) is 7.05 Å². The van der Waals surface area contributed by atoms with Crippen LogP contribution >= 0.6 is 15.9 Å². The summed E-state index contributed by atoms with van der Waals surface area (Å²) in [6.45, 7) is 0.533. The molecule has 0 saturated carbocycles. The van der Waals surface area contributed by atoms with Gasteiger partial charge in [-0.3, -0.25) is 9.78 Å². The maximum absolute atomic E-state index is 12.5. The number of benzene rings is 1. The molecule has 0 bridgehead atoms. The molecule has 0 aliphatic carbocycles. The van der Waals surface area contributed by atoms with Crippen molar-refractivity contribution in [2.24, 2.45) is 0 Å². The van der Waals surface area contributed by atoms with Crippen LogP contribution in [0.3, 0.4) is 0 Å². The lowest BCUT2D eigenvalue weighted by atomic mass is 10.2. The molecule has 3 aromatic rings. The maximum Gasteiger partial charge on any atom is 0.270 e. The number of pyridine rings is 1. The third-order valence-corrected chi connectivity index (χ3v) is 3.80. The van der Waals surface area contributed by atoms with Crippen molar-refractivity contribution in [3.63, 3.8) is 0 Å². The number of H-pyrrole nitrogens is 1. The summed E-state index contributed by atoms with van der Waals surface area (Å²) >= 11 is 3.44. The van der Waals surface area contributed by atoms with Crippen LogP contribution in [0.1, 0.15) is 16.1 Å². The van der Waals surface area contributed by atoms with Gasteiger partial charge in [0.05, 0.1) is 0 Å². The lowest BCUT2D eigenvalue weighted by molar-refractivity contribution is 0.0780. The van der Waals surface area contributed by atoms with Gasteiger partial charge < -0.3 is 9.88 Å². The van der Waals surface area contributed by atoms with Crippen LogP contribution in [0.5, 0.6) is 0 Å². The average molecular weight is 344 g/mol. The molecule has 0 radical (unpaired) electrons. The van der Waals surface area contributed by atoms with Crippen LogP contribution in [0, 0.1) is 0 Å². The first-order valence-corrected chi connectivity index (χ1v) is 7.35. The number of aromatic nitrogens is 2. The highest BCUT2D eigenvalue weighted by atomic mass is 79.9. The Morgan fingerprint density at radius 2 is 2.19 bits per heavy atom. The maximum atomic E-state index is 12.5. The largest absolute Gasteiger partial charge is 0.351 e. The van der Waals surface area contributed by atoms with Gasteiger partial charge in [-0.15, -0.1) is 0 Å². The quantitative estimate of drug-likeness (QED) is 0.789. The van der Waals surface area contributed by atoms with E-state index in [4.69, 9.17) is 0 Å². The molecular weight excluding hydrogens is 330 g/mol. The summed E-state index contributed by atoms with van der Waals surface area (Å²) in [5.74, 6) is -0.0359. The highest BCUT2D eigenvalue weighted by molar-refractivity contribution is 9.10. The van der Waals surface area contributed by atoms with Gasteiger partial charge in [0.1, 0.15) is 5.69 Å². The minimum Gasteiger partial charge on any atom is -0.351 e. The van der Waals surface area contributed by atoms with E-state index in [1.807, 2.05) is 36.4 Å². The summed E-state index contributed by atoms with van der Waals surface area (Å²) in [7, 11) is 1.79. The number of aromatic amines is 1. The Hall–Kier alpha value is -2.14. The number of hydrogen-bond acceptors (Lipinski definition) is 2. The minimum absolute atomic E-state index is 0.0359. The van der Waals surface area contributed by atoms with Crippen molar-refractivity contribution in [3.8, 4) is 0 Å². The van der Waals surface area contributed by atoms with Gasteiger partial charge in [0.2, 0.25) is 0 Å². The summed E-state index contributed by atoms with van der Waals surface area (Å²) in [6, 6.07) is 11.6. The van der Waals surface area contributed by atoms with Crippen molar-refractivity contribution >= 4 is 32.7 Å². The molecule has 21 heavy (non-hydrogen) atoms. The summed E-state index contributed by atoms with van der Waals surface area (Å²) in [5.41, 5.74) is 2.55. The highest BCUT2D eigenvalue weighted by Gasteiger charge is 2.14. The normalized spacial score (nSPS) is 10.8. The number of nitrogens with zero attached hydrogens (tertiary/aromatic N) is 2. The fourth-order valence-electron chi connectivity index (χ4n) is 2.26. The summed E-state index contributed by atoms with van der Waals surface area (Å²) in [4.78, 5) is 21.4. The highest BCUT2D eigenvalue weighted by Crippen LogP contribution is 2.21. The van der Waals surface area contributed by atoms with Gasteiger partial charge in [-0.05, 0) is 35.9 Å². The number of carbonyl (C=O) groups excluding carboxylic acids is 1. The third-order valence-electron chi connectivity index (χ3n) is 3.30. The van der Waals surface area contributed by atoms with Crippen molar-refractivity contribution in [3.05, 3.63) is 64.5 Å². The molecular formula is C16H14BrN3O. The van der Waals surface area contributed by atoms with Gasteiger partial charge in [-0.25, -0.2) is 0 Å². The van der Waals surface area contributed by atoms with Crippen molar-refractivity contribution < 1.29 is 4.79 Å². The van der Waals surface area contributed by atoms with E-state index in [1.54, 1.807) is 24.3 Å². The zero-order chi connectivity index (χ0) is 14.8. The molecule has 0 fully saturated rings. The van der Waals surface area contributed by atoms with Crippen LogP contribution in [0.25, 0.3) is 10.9 Å². The second-order valence-corrected chi connectivity index (χ2v) is 5.85. The summed E-state index contributed by atoms with van der Waals surface area (Å²) < 4.78 is 0.997. The van der Waals surface area contributed by atoms with Crippen LogP contribution in [-0.4, -0.2) is 27.8 Å². The number of fused-ring (bicyclic) bond motifs is 1. The molecule has 2 aromatic heterocycles. The molecule has 0 unspecified atom stereocenters. The number of amides is 1. The summed E-state index contributed by atoms with van der Waals surface area (Å²) in [6.07, 6.45) is 3.49. The molecule has 106 valence electrons. The minimum atomic E-state index is -0.0359. The first kappa shape index (κ1) is 13.8. The van der Waals surface area contributed by atoms with E-state index in [0.717, 1.165) is 20.9 Å².